The summed E-state index contributed by atoms with van der Waals surface area (Å²) in [6, 6.07) is 12.6. The van der Waals surface area contributed by atoms with Crippen molar-refractivity contribution in [1.82, 2.24) is 5.32 Å². The lowest BCUT2D eigenvalue weighted by atomic mass is 10.2. The Morgan fingerprint density at radius 1 is 1.09 bits per heavy atom. The van der Waals surface area contributed by atoms with Crippen molar-refractivity contribution in [3.05, 3.63) is 63.1 Å². The molecule has 0 aliphatic rings. The van der Waals surface area contributed by atoms with Gasteiger partial charge in [0.1, 0.15) is 0 Å². The molecule has 0 aliphatic carbocycles. The van der Waals surface area contributed by atoms with E-state index in [1.54, 1.807) is 12.1 Å². The van der Waals surface area contributed by atoms with Crippen LogP contribution in [0.15, 0.2) is 47.4 Å². The highest BCUT2D eigenvalue weighted by Gasteiger charge is 2.14. The summed E-state index contributed by atoms with van der Waals surface area (Å²) < 4.78 is 0. The Balaban J connectivity index is 1.89. The molecule has 0 radical (unpaired) electrons. The van der Waals surface area contributed by atoms with Crippen LogP contribution in [0.5, 0.6) is 0 Å². The van der Waals surface area contributed by atoms with Gasteiger partial charge in [-0.25, -0.2) is 0 Å². The Kier molecular flexibility index (Phi) is 6.45. The zero-order valence-electron chi connectivity index (χ0n) is 11.8. The van der Waals surface area contributed by atoms with Crippen LogP contribution in [0.1, 0.15) is 12.5 Å². The summed E-state index contributed by atoms with van der Waals surface area (Å²) in [6.07, 6.45) is 0. The third-order valence-corrected chi connectivity index (χ3v) is 4.91. The summed E-state index contributed by atoms with van der Waals surface area (Å²) in [5.74, 6) is -0.0500. The normalized spacial score (nSPS) is 12.0. The SMILES string of the molecule is CC(Sc1ccc(Cl)cc1)C(=O)NCc1ccc(Cl)cc1Cl. The zero-order valence-corrected chi connectivity index (χ0v) is 14.9. The first-order valence-electron chi connectivity index (χ1n) is 6.59. The maximum absolute atomic E-state index is 12.1. The van der Waals surface area contributed by atoms with E-state index in [-0.39, 0.29) is 11.2 Å². The van der Waals surface area contributed by atoms with Crippen LogP contribution in [0.2, 0.25) is 15.1 Å². The summed E-state index contributed by atoms with van der Waals surface area (Å²) >= 11 is 19.3. The molecule has 2 aromatic carbocycles. The minimum absolute atomic E-state index is 0.0500. The lowest BCUT2D eigenvalue weighted by molar-refractivity contribution is -0.120. The number of carbonyl (C=O) groups excluding carboxylic acids is 1. The number of nitrogens with one attached hydrogen (secondary N) is 1. The molecule has 1 unspecified atom stereocenters. The molecule has 0 aliphatic heterocycles. The second kappa shape index (κ2) is 8.11. The second-order valence-corrected chi connectivity index (χ2v) is 7.36. The summed E-state index contributed by atoms with van der Waals surface area (Å²) in [7, 11) is 0. The Bertz CT molecular complexity index is 661. The first-order valence-corrected chi connectivity index (χ1v) is 8.61. The van der Waals surface area contributed by atoms with Crippen molar-refractivity contribution < 1.29 is 4.79 Å². The van der Waals surface area contributed by atoms with Crippen molar-refractivity contribution in [2.45, 2.75) is 23.6 Å². The molecule has 1 N–H and O–H groups in total. The molecule has 2 aromatic rings. The first kappa shape index (κ1) is 17.5. The molecule has 0 saturated carbocycles. The molecule has 0 fully saturated rings. The molecule has 0 aromatic heterocycles. The Morgan fingerprint density at radius 3 is 2.36 bits per heavy atom. The van der Waals surface area contributed by atoms with Gasteiger partial charge in [0.15, 0.2) is 0 Å². The summed E-state index contributed by atoms with van der Waals surface area (Å²) in [5, 5.41) is 4.46. The molecule has 2 nitrogen and oxygen atoms in total. The molecular weight excluding hydrogens is 361 g/mol. The average Bonchev–Trinajstić information content (AvgIpc) is 2.48. The van der Waals surface area contributed by atoms with E-state index in [1.165, 1.54) is 11.8 Å². The standard InChI is InChI=1S/C16H14Cl3NOS/c1-10(22-14-6-4-12(17)5-7-14)16(21)20-9-11-2-3-13(18)8-15(11)19/h2-8,10H,9H2,1H3,(H,20,21). The molecule has 22 heavy (non-hydrogen) atoms. The fourth-order valence-corrected chi connectivity index (χ4v) is 3.26. The van der Waals surface area contributed by atoms with Gasteiger partial charge in [-0.15, -0.1) is 11.8 Å². The third-order valence-electron chi connectivity index (χ3n) is 2.96. The van der Waals surface area contributed by atoms with Gasteiger partial charge in [0.05, 0.1) is 5.25 Å². The maximum Gasteiger partial charge on any atom is 0.233 e. The van der Waals surface area contributed by atoms with Gasteiger partial charge in [0.2, 0.25) is 5.91 Å². The van der Waals surface area contributed by atoms with Crippen LogP contribution in [0.4, 0.5) is 0 Å². The zero-order chi connectivity index (χ0) is 16.1. The lowest BCUT2D eigenvalue weighted by Crippen LogP contribution is -2.30. The van der Waals surface area contributed by atoms with Crippen LogP contribution < -0.4 is 5.32 Å². The Labute approximate surface area is 149 Å². The molecule has 1 atom stereocenters. The highest BCUT2D eigenvalue weighted by molar-refractivity contribution is 8.00. The molecule has 0 spiro atoms. The van der Waals surface area contributed by atoms with Crippen molar-refractivity contribution in [1.29, 1.82) is 0 Å². The molecule has 116 valence electrons. The molecule has 1 amide bonds. The van der Waals surface area contributed by atoms with Gasteiger partial charge in [-0.05, 0) is 48.9 Å². The summed E-state index contributed by atoms with van der Waals surface area (Å²) in [5.41, 5.74) is 0.836. The predicted octanol–water partition coefficient (Wildman–Crippen LogP) is 5.44. The lowest BCUT2D eigenvalue weighted by Gasteiger charge is -2.13. The van der Waals surface area contributed by atoms with Gasteiger partial charge in [-0.2, -0.15) is 0 Å². The van der Waals surface area contributed by atoms with E-state index in [1.807, 2.05) is 37.3 Å². The highest BCUT2D eigenvalue weighted by Crippen LogP contribution is 2.25. The molecule has 6 heteroatoms. The minimum atomic E-state index is -0.216. The van der Waals surface area contributed by atoms with Crippen molar-refractivity contribution in [3.63, 3.8) is 0 Å². The van der Waals surface area contributed by atoms with E-state index in [0.717, 1.165) is 10.5 Å². The van der Waals surface area contributed by atoms with Crippen molar-refractivity contribution >= 4 is 52.5 Å². The number of hydrogen-bond donors (Lipinski definition) is 1. The van der Waals surface area contributed by atoms with Crippen molar-refractivity contribution in [2.75, 3.05) is 0 Å². The van der Waals surface area contributed by atoms with E-state index in [0.29, 0.717) is 21.6 Å². The quantitative estimate of drug-likeness (QED) is 0.706. The first-order chi connectivity index (χ1) is 10.5. The Hall–Kier alpha value is -0.870. The second-order valence-electron chi connectivity index (χ2n) is 4.67. The van der Waals surface area contributed by atoms with Gasteiger partial charge in [-0.1, -0.05) is 40.9 Å². The van der Waals surface area contributed by atoms with Gasteiger partial charge in [-0.3, -0.25) is 4.79 Å². The van der Waals surface area contributed by atoms with Crippen LogP contribution in [-0.4, -0.2) is 11.2 Å². The average molecular weight is 375 g/mol. The fraction of sp³-hybridized carbons (Fsp3) is 0.188. The summed E-state index contributed by atoms with van der Waals surface area (Å²) in [4.78, 5) is 13.1. The number of carbonyl (C=O) groups is 1. The van der Waals surface area contributed by atoms with Crippen LogP contribution in [0, 0.1) is 0 Å². The topological polar surface area (TPSA) is 29.1 Å². The van der Waals surface area contributed by atoms with Gasteiger partial charge in [0, 0.05) is 26.5 Å². The molecular formula is C16H14Cl3NOS. The van der Waals surface area contributed by atoms with E-state index in [4.69, 9.17) is 34.8 Å². The number of hydrogen-bond acceptors (Lipinski definition) is 2. The molecule has 0 heterocycles. The minimum Gasteiger partial charge on any atom is -0.351 e. The maximum atomic E-state index is 12.1. The Morgan fingerprint density at radius 2 is 1.73 bits per heavy atom. The molecule has 0 saturated heterocycles. The monoisotopic (exact) mass is 373 g/mol. The number of rotatable bonds is 5. The number of thioether (sulfide) groups is 1. The van der Waals surface area contributed by atoms with Gasteiger partial charge < -0.3 is 5.32 Å². The van der Waals surface area contributed by atoms with Crippen LogP contribution in [0.25, 0.3) is 0 Å². The number of benzene rings is 2. The van der Waals surface area contributed by atoms with Crippen LogP contribution in [-0.2, 0) is 11.3 Å². The summed E-state index contributed by atoms with van der Waals surface area (Å²) in [6.45, 7) is 2.23. The van der Waals surface area contributed by atoms with E-state index < -0.39 is 0 Å². The van der Waals surface area contributed by atoms with Crippen molar-refractivity contribution in [2.24, 2.45) is 0 Å². The van der Waals surface area contributed by atoms with E-state index in [9.17, 15) is 4.79 Å². The smallest absolute Gasteiger partial charge is 0.233 e. The number of amides is 1. The highest BCUT2D eigenvalue weighted by atomic mass is 35.5. The molecule has 2 rings (SSSR count). The van der Waals surface area contributed by atoms with Crippen molar-refractivity contribution in [3.8, 4) is 0 Å². The van der Waals surface area contributed by atoms with E-state index >= 15 is 0 Å². The van der Waals surface area contributed by atoms with E-state index in [2.05, 4.69) is 5.32 Å². The number of halogens is 3. The van der Waals surface area contributed by atoms with Crippen LogP contribution in [0.3, 0.4) is 0 Å². The fourth-order valence-electron chi connectivity index (χ4n) is 1.76. The largest absolute Gasteiger partial charge is 0.351 e. The van der Waals surface area contributed by atoms with Crippen LogP contribution >= 0.6 is 46.6 Å². The predicted molar refractivity (Wildman–Crippen MR) is 95.1 cm³/mol. The van der Waals surface area contributed by atoms with Gasteiger partial charge in [0.25, 0.3) is 0 Å². The third kappa shape index (κ3) is 5.10. The molecule has 0 bridgehead atoms. The van der Waals surface area contributed by atoms with Gasteiger partial charge >= 0.3 is 0 Å².